The van der Waals surface area contributed by atoms with Gasteiger partial charge in [0.15, 0.2) is 5.78 Å². The van der Waals surface area contributed by atoms with E-state index in [0.29, 0.717) is 0 Å². The Hall–Kier alpha value is -3.21. The van der Waals surface area contributed by atoms with E-state index in [1.54, 1.807) is 6.08 Å². The molecule has 0 radical (unpaired) electrons. The summed E-state index contributed by atoms with van der Waals surface area (Å²) in [4.78, 5) is 19.9. The normalized spacial score (nSPS) is 11.5. The number of hydrogen-bond donors (Lipinski definition) is 0. The van der Waals surface area contributed by atoms with Crippen LogP contribution >= 0.6 is 0 Å². The van der Waals surface area contributed by atoms with Crippen LogP contribution in [-0.2, 0) is 6.54 Å². The Morgan fingerprint density at radius 1 is 0.800 bits per heavy atom. The first-order valence-electron chi connectivity index (χ1n) is 12.3. The maximum Gasteiger partial charge on any atom is 0.186 e. The van der Waals surface area contributed by atoms with Gasteiger partial charge in [-0.25, -0.2) is 0 Å². The Labute approximate surface area is 211 Å². The molecule has 0 atom stereocenters. The standard InChI is InChI=1S/C31H39N3O/c1-24-27(25-13-8-7-9-14-25)17-19-30(34(6)22-12-21-32(2)3)28(24)18-20-31(35)29-16-11-10-15-26(29)23-33(4)5/h7-11,13-20H,12,21-23H2,1-6H3. The molecule has 0 fully saturated rings. The maximum atomic E-state index is 13.3. The summed E-state index contributed by atoms with van der Waals surface area (Å²) >= 11 is 0. The van der Waals surface area contributed by atoms with Crippen LogP contribution in [0.15, 0.2) is 72.8 Å². The van der Waals surface area contributed by atoms with E-state index >= 15 is 0 Å². The van der Waals surface area contributed by atoms with Crippen LogP contribution in [0.25, 0.3) is 17.2 Å². The van der Waals surface area contributed by atoms with Crippen molar-refractivity contribution < 1.29 is 4.79 Å². The van der Waals surface area contributed by atoms with Gasteiger partial charge in [-0.05, 0) is 88.6 Å². The van der Waals surface area contributed by atoms with Crippen molar-refractivity contribution in [3.63, 3.8) is 0 Å². The molecule has 0 amide bonds. The molecule has 0 aliphatic carbocycles. The van der Waals surface area contributed by atoms with E-state index in [2.05, 4.69) is 79.2 Å². The average Bonchev–Trinajstić information content (AvgIpc) is 2.83. The van der Waals surface area contributed by atoms with Crippen molar-refractivity contribution in [3.05, 3.63) is 95.1 Å². The van der Waals surface area contributed by atoms with Crippen LogP contribution in [0.5, 0.6) is 0 Å². The highest BCUT2D eigenvalue weighted by Gasteiger charge is 2.14. The van der Waals surface area contributed by atoms with Gasteiger partial charge in [0.25, 0.3) is 0 Å². The van der Waals surface area contributed by atoms with Crippen LogP contribution in [0, 0.1) is 6.92 Å². The fourth-order valence-electron chi connectivity index (χ4n) is 4.42. The largest absolute Gasteiger partial charge is 0.374 e. The van der Waals surface area contributed by atoms with Gasteiger partial charge < -0.3 is 14.7 Å². The van der Waals surface area contributed by atoms with Crippen LogP contribution in [0.2, 0.25) is 0 Å². The zero-order chi connectivity index (χ0) is 25.4. The fraction of sp³-hybridized carbons (Fsp3) is 0.323. The molecule has 0 heterocycles. The van der Waals surface area contributed by atoms with E-state index in [4.69, 9.17) is 0 Å². The SMILES string of the molecule is Cc1c(-c2ccccc2)ccc(N(C)CCCN(C)C)c1C=CC(=O)c1ccccc1CN(C)C. The highest BCUT2D eigenvalue weighted by atomic mass is 16.1. The van der Waals surface area contributed by atoms with E-state index in [0.717, 1.165) is 48.4 Å². The summed E-state index contributed by atoms with van der Waals surface area (Å²) in [5, 5.41) is 0. The minimum atomic E-state index is 0.0353. The van der Waals surface area contributed by atoms with Crippen molar-refractivity contribution in [2.45, 2.75) is 19.9 Å². The Bertz CT molecular complexity index is 1150. The second kappa shape index (κ2) is 12.5. The van der Waals surface area contributed by atoms with Crippen molar-refractivity contribution in [3.8, 4) is 11.1 Å². The number of carbonyl (C=O) groups excluding carboxylic acids is 1. The molecule has 0 N–H and O–H groups in total. The number of nitrogens with zero attached hydrogens (tertiary/aromatic N) is 3. The van der Waals surface area contributed by atoms with E-state index in [1.807, 2.05) is 50.5 Å². The zero-order valence-electron chi connectivity index (χ0n) is 22.1. The number of benzene rings is 3. The number of rotatable bonds is 11. The molecule has 4 nitrogen and oxygen atoms in total. The highest BCUT2D eigenvalue weighted by molar-refractivity contribution is 6.08. The molecular formula is C31H39N3O. The van der Waals surface area contributed by atoms with E-state index in [9.17, 15) is 4.79 Å². The third-order valence-corrected chi connectivity index (χ3v) is 6.26. The van der Waals surface area contributed by atoms with E-state index in [-0.39, 0.29) is 5.78 Å². The van der Waals surface area contributed by atoms with Gasteiger partial charge in [-0.2, -0.15) is 0 Å². The van der Waals surface area contributed by atoms with Crippen LogP contribution in [-0.4, -0.2) is 63.9 Å². The van der Waals surface area contributed by atoms with Gasteiger partial charge in [0.1, 0.15) is 0 Å². The molecule has 3 aromatic carbocycles. The zero-order valence-corrected chi connectivity index (χ0v) is 22.1. The lowest BCUT2D eigenvalue weighted by Gasteiger charge is -2.25. The summed E-state index contributed by atoms with van der Waals surface area (Å²) in [6.45, 7) is 4.88. The van der Waals surface area contributed by atoms with Crippen LogP contribution < -0.4 is 4.90 Å². The first kappa shape index (κ1) is 26.4. The predicted octanol–water partition coefficient (Wildman–Crippen LogP) is 6.01. The summed E-state index contributed by atoms with van der Waals surface area (Å²) in [6.07, 6.45) is 4.82. The van der Waals surface area contributed by atoms with Crippen molar-refractivity contribution in [2.75, 3.05) is 53.2 Å². The number of hydrogen-bond acceptors (Lipinski definition) is 4. The Kier molecular flexibility index (Phi) is 9.41. The maximum absolute atomic E-state index is 13.3. The lowest BCUT2D eigenvalue weighted by molar-refractivity contribution is 0.104. The number of allylic oxidation sites excluding steroid dienone is 1. The van der Waals surface area contributed by atoms with Crippen molar-refractivity contribution in [1.82, 2.24) is 9.80 Å². The lowest BCUT2D eigenvalue weighted by Crippen LogP contribution is -2.24. The Morgan fingerprint density at radius 2 is 1.49 bits per heavy atom. The molecule has 0 bridgehead atoms. The smallest absolute Gasteiger partial charge is 0.186 e. The fourth-order valence-corrected chi connectivity index (χ4v) is 4.42. The predicted molar refractivity (Wildman–Crippen MR) is 150 cm³/mol. The van der Waals surface area contributed by atoms with E-state index < -0.39 is 0 Å². The monoisotopic (exact) mass is 469 g/mol. The number of anilines is 1. The summed E-state index contributed by atoms with van der Waals surface area (Å²) in [5.74, 6) is 0.0353. The highest BCUT2D eigenvalue weighted by Crippen LogP contribution is 2.33. The second-order valence-corrected chi connectivity index (χ2v) is 9.71. The molecule has 35 heavy (non-hydrogen) atoms. The second-order valence-electron chi connectivity index (χ2n) is 9.71. The van der Waals surface area contributed by atoms with Gasteiger partial charge in [-0.15, -0.1) is 0 Å². The van der Waals surface area contributed by atoms with Crippen LogP contribution in [0.1, 0.15) is 33.5 Å². The third kappa shape index (κ3) is 7.14. The minimum Gasteiger partial charge on any atom is -0.374 e. The molecular weight excluding hydrogens is 430 g/mol. The Balaban J connectivity index is 1.99. The summed E-state index contributed by atoms with van der Waals surface area (Å²) < 4.78 is 0. The Morgan fingerprint density at radius 3 is 2.17 bits per heavy atom. The van der Waals surface area contributed by atoms with Crippen LogP contribution in [0.3, 0.4) is 0 Å². The molecule has 4 heteroatoms. The summed E-state index contributed by atoms with van der Waals surface area (Å²) in [5.41, 5.74) is 7.60. The van der Waals surface area contributed by atoms with Gasteiger partial charge in [-0.3, -0.25) is 4.79 Å². The van der Waals surface area contributed by atoms with Gasteiger partial charge >= 0.3 is 0 Å². The topological polar surface area (TPSA) is 26.8 Å². The quantitative estimate of drug-likeness (QED) is 0.254. The summed E-state index contributed by atoms with van der Waals surface area (Å²) in [7, 11) is 10.4. The van der Waals surface area contributed by atoms with Gasteiger partial charge in [0.05, 0.1) is 0 Å². The van der Waals surface area contributed by atoms with E-state index in [1.165, 1.54) is 16.7 Å². The molecule has 3 rings (SSSR count). The van der Waals surface area contributed by atoms with Crippen molar-refractivity contribution in [1.29, 1.82) is 0 Å². The van der Waals surface area contributed by atoms with Gasteiger partial charge in [0.2, 0.25) is 0 Å². The molecule has 0 saturated heterocycles. The number of carbonyl (C=O) groups is 1. The lowest BCUT2D eigenvalue weighted by atomic mass is 9.93. The third-order valence-electron chi connectivity index (χ3n) is 6.26. The van der Waals surface area contributed by atoms with Crippen molar-refractivity contribution >= 4 is 17.5 Å². The minimum absolute atomic E-state index is 0.0353. The molecule has 0 aromatic heterocycles. The molecule has 0 aliphatic heterocycles. The molecule has 0 spiro atoms. The van der Waals surface area contributed by atoms with Crippen LogP contribution in [0.4, 0.5) is 5.69 Å². The molecule has 3 aromatic rings. The first-order valence-corrected chi connectivity index (χ1v) is 12.3. The molecule has 0 saturated carbocycles. The molecule has 184 valence electrons. The first-order chi connectivity index (χ1) is 16.8. The van der Waals surface area contributed by atoms with Crippen molar-refractivity contribution in [2.24, 2.45) is 0 Å². The molecule has 0 aliphatic rings. The average molecular weight is 470 g/mol. The summed E-state index contributed by atoms with van der Waals surface area (Å²) in [6, 6.07) is 22.7. The van der Waals surface area contributed by atoms with Gasteiger partial charge in [-0.1, -0.05) is 60.7 Å². The molecule has 0 unspecified atom stereocenters. The van der Waals surface area contributed by atoms with Gasteiger partial charge in [0, 0.05) is 37.0 Å². The number of ketones is 1.